The normalized spacial score (nSPS) is 16.6. The maximum Gasteiger partial charge on any atom is 0.277 e. The number of fused-ring (bicyclic) bond motifs is 1. The summed E-state index contributed by atoms with van der Waals surface area (Å²) in [7, 11) is 0. The van der Waals surface area contributed by atoms with Crippen molar-refractivity contribution in [3.63, 3.8) is 0 Å². The Labute approximate surface area is 183 Å². The minimum absolute atomic E-state index is 0.147. The first kappa shape index (κ1) is 20.0. The molecule has 1 atom stereocenters. The van der Waals surface area contributed by atoms with E-state index >= 15 is 0 Å². The van der Waals surface area contributed by atoms with Crippen LogP contribution in [0.1, 0.15) is 24.8 Å². The number of ether oxygens (including phenoxy) is 1. The predicted molar refractivity (Wildman–Crippen MR) is 119 cm³/mol. The quantitative estimate of drug-likeness (QED) is 0.422. The Hall–Kier alpha value is -2.97. The lowest BCUT2D eigenvalue weighted by molar-refractivity contribution is 0.0314. The molecule has 2 aromatic heterocycles. The topological polar surface area (TPSA) is 83.0 Å². The molecule has 31 heavy (non-hydrogen) atoms. The third kappa shape index (κ3) is 4.40. The molecule has 0 saturated carbocycles. The molecule has 2 aromatic carbocycles. The third-order valence-electron chi connectivity index (χ3n) is 5.32. The summed E-state index contributed by atoms with van der Waals surface area (Å²) in [6.45, 7) is 1.19. The van der Waals surface area contributed by atoms with Gasteiger partial charge in [-0.25, -0.2) is 4.68 Å². The van der Waals surface area contributed by atoms with Gasteiger partial charge in [0.05, 0.1) is 18.0 Å². The molecular formula is C23H22N4O3S. The molecule has 0 radical (unpaired) electrons. The Bertz CT molecular complexity index is 1230. The van der Waals surface area contributed by atoms with Gasteiger partial charge in [-0.05, 0) is 30.9 Å². The molecule has 0 spiro atoms. The van der Waals surface area contributed by atoms with E-state index in [1.54, 1.807) is 6.07 Å². The molecule has 8 heteroatoms. The van der Waals surface area contributed by atoms with Gasteiger partial charge in [0.2, 0.25) is 0 Å². The van der Waals surface area contributed by atoms with E-state index in [4.69, 9.17) is 9.15 Å². The Kier molecular flexibility index (Phi) is 5.82. The lowest BCUT2D eigenvalue weighted by atomic mass is 10.1. The van der Waals surface area contributed by atoms with E-state index in [1.807, 2.05) is 48.5 Å². The van der Waals surface area contributed by atoms with Gasteiger partial charge in [-0.15, -0.1) is 10.2 Å². The van der Waals surface area contributed by atoms with E-state index in [0.717, 1.165) is 30.8 Å². The van der Waals surface area contributed by atoms with Crippen molar-refractivity contribution in [2.24, 2.45) is 0 Å². The molecule has 0 aliphatic carbocycles. The van der Waals surface area contributed by atoms with Crippen LogP contribution in [0.25, 0.3) is 22.4 Å². The van der Waals surface area contributed by atoms with E-state index < -0.39 is 0 Å². The zero-order valence-corrected chi connectivity index (χ0v) is 17.8. The summed E-state index contributed by atoms with van der Waals surface area (Å²) in [4.78, 5) is 13.0. The number of nitrogens with zero attached hydrogens (tertiary/aromatic N) is 4. The molecule has 7 nitrogen and oxygen atoms in total. The molecule has 0 N–H and O–H groups in total. The summed E-state index contributed by atoms with van der Waals surface area (Å²) in [6.07, 6.45) is 3.61. The van der Waals surface area contributed by atoms with Gasteiger partial charge in [0, 0.05) is 17.7 Å². The maximum atomic E-state index is 13.0. The number of hydrogen-bond acceptors (Lipinski definition) is 7. The van der Waals surface area contributed by atoms with Crippen molar-refractivity contribution in [1.29, 1.82) is 0 Å². The van der Waals surface area contributed by atoms with Crippen molar-refractivity contribution < 1.29 is 9.15 Å². The molecule has 1 aliphatic rings. The standard InChI is InChI=1S/C23H22N4O3S/c28-22-19-12-5-4-11-18(19)20(26-27(22)14-16-8-2-1-3-9-16)21-24-25-23(30-21)31-15-17-10-6-7-13-29-17/h1-5,8-9,11-12,17H,6-7,10,13-15H2. The molecule has 1 saturated heterocycles. The Morgan fingerprint density at radius 3 is 2.61 bits per heavy atom. The molecule has 0 bridgehead atoms. The van der Waals surface area contributed by atoms with Crippen molar-refractivity contribution in [3.8, 4) is 11.6 Å². The minimum atomic E-state index is -0.147. The summed E-state index contributed by atoms with van der Waals surface area (Å²) >= 11 is 1.50. The molecule has 3 heterocycles. The zero-order chi connectivity index (χ0) is 21.0. The third-order valence-corrected chi connectivity index (χ3v) is 6.27. The summed E-state index contributed by atoms with van der Waals surface area (Å²) < 4.78 is 13.2. The van der Waals surface area contributed by atoms with Crippen LogP contribution in [0.15, 0.2) is 69.0 Å². The van der Waals surface area contributed by atoms with E-state index in [9.17, 15) is 4.79 Å². The second kappa shape index (κ2) is 9.03. The smallest absolute Gasteiger partial charge is 0.277 e. The average molecular weight is 435 g/mol. The van der Waals surface area contributed by atoms with Crippen LogP contribution in [0.5, 0.6) is 0 Å². The van der Waals surface area contributed by atoms with Gasteiger partial charge < -0.3 is 9.15 Å². The van der Waals surface area contributed by atoms with Gasteiger partial charge in [-0.2, -0.15) is 5.10 Å². The van der Waals surface area contributed by atoms with Crippen molar-refractivity contribution in [2.45, 2.75) is 37.1 Å². The molecule has 158 valence electrons. The monoisotopic (exact) mass is 434 g/mol. The fourth-order valence-electron chi connectivity index (χ4n) is 3.72. The first-order chi connectivity index (χ1) is 15.3. The lowest BCUT2D eigenvalue weighted by Gasteiger charge is -2.21. The fourth-order valence-corrected chi connectivity index (χ4v) is 4.55. The van der Waals surface area contributed by atoms with Gasteiger partial charge in [-0.3, -0.25) is 4.79 Å². The molecule has 1 unspecified atom stereocenters. The van der Waals surface area contributed by atoms with E-state index in [-0.39, 0.29) is 11.7 Å². The van der Waals surface area contributed by atoms with Crippen LogP contribution in [0.2, 0.25) is 0 Å². The number of thioether (sulfide) groups is 1. The highest BCUT2D eigenvalue weighted by molar-refractivity contribution is 7.99. The Balaban J connectivity index is 1.47. The van der Waals surface area contributed by atoms with Crippen molar-refractivity contribution in [1.82, 2.24) is 20.0 Å². The molecule has 4 aromatic rings. The SMILES string of the molecule is O=c1c2ccccc2c(-c2nnc(SCC3CCCCO3)o2)nn1Cc1ccccc1. The number of aromatic nitrogens is 4. The fraction of sp³-hybridized carbons (Fsp3) is 0.304. The van der Waals surface area contributed by atoms with Crippen LogP contribution in [-0.4, -0.2) is 38.4 Å². The highest BCUT2D eigenvalue weighted by Crippen LogP contribution is 2.28. The van der Waals surface area contributed by atoms with Crippen molar-refractivity contribution >= 4 is 22.5 Å². The Morgan fingerprint density at radius 1 is 1.00 bits per heavy atom. The zero-order valence-electron chi connectivity index (χ0n) is 16.9. The van der Waals surface area contributed by atoms with Crippen LogP contribution in [0.3, 0.4) is 0 Å². The largest absolute Gasteiger partial charge is 0.410 e. The van der Waals surface area contributed by atoms with Gasteiger partial charge in [0.25, 0.3) is 16.7 Å². The van der Waals surface area contributed by atoms with Crippen molar-refractivity contribution in [3.05, 3.63) is 70.5 Å². The van der Waals surface area contributed by atoms with Crippen LogP contribution in [0.4, 0.5) is 0 Å². The van der Waals surface area contributed by atoms with Crippen LogP contribution in [0, 0.1) is 0 Å². The second-order valence-corrected chi connectivity index (χ2v) is 8.49. The Morgan fingerprint density at radius 2 is 1.81 bits per heavy atom. The van der Waals surface area contributed by atoms with E-state index in [2.05, 4.69) is 15.3 Å². The second-order valence-electron chi connectivity index (χ2n) is 7.52. The molecule has 0 amide bonds. The lowest BCUT2D eigenvalue weighted by Crippen LogP contribution is -2.24. The maximum absolute atomic E-state index is 13.0. The van der Waals surface area contributed by atoms with Gasteiger partial charge >= 0.3 is 0 Å². The van der Waals surface area contributed by atoms with Crippen LogP contribution >= 0.6 is 11.8 Å². The molecular weight excluding hydrogens is 412 g/mol. The summed E-state index contributed by atoms with van der Waals surface area (Å²) in [5.41, 5.74) is 1.36. The number of hydrogen-bond donors (Lipinski definition) is 0. The van der Waals surface area contributed by atoms with E-state index in [1.165, 1.54) is 22.9 Å². The first-order valence-corrected chi connectivity index (χ1v) is 11.4. The van der Waals surface area contributed by atoms with Gasteiger partial charge in [0.1, 0.15) is 0 Å². The predicted octanol–water partition coefficient (Wildman–Crippen LogP) is 4.16. The van der Waals surface area contributed by atoms with Gasteiger partial charge in [-0.1, -0.05) is 60.3 Å². The summed E-state index contributed by atoms with van der Waals surface area (Å²) in [6, 6.07) is 17.2. The summed E-state index contributed by atoms with van der Waals surface area (Å²) in [5.74, 6) is 1.09. The first-order valence-electron chi connectivity index (χ1n) is 10.4. The minimum Gasteiger partial charge on any atom is -0.410 e. The van der Waals surface area contributed by atoms with Gasteiger partial charge in [0.15, 0.2) is 5.69 Å². The number of benzene rings is 2. The molecule has 1 fully saturated rings. The highest BCUT2D eigenvalue weighted by Gasteiger charge is 2.20. The average Bonchev–Trinajstić information content (AvgIpc) is 3.30. The van der Waals surface area contributed by atoms with Crippen molar-refractivity contribution in [2.75, 3.05) is 12.4 Å². The molecule has 5 rings (SSSR count). The highest BCUT2D eigenvalue weighted by atomic mass is 32.2. The van der Waals surface area contributed by atoms with Crippen LogP contribution < -0.4 is 5.56 Å². The van der Waals surface area contributed by atoms with E-state index in [0.29, 0.717) is 34.1 Å². The number of rotatable bonds is 6. The molecule has 1 aliphatic heterocycles. The van der Waals surface area contributed by atoms with Crippen LogP contribution in [-0.2, 0) is 11.3 Å². The summed E-state index contributed by atoms with van der Waals surface area (Å²) in [5, 5.41) is 14.8.